The zero-order chi connectivity index (χ0) is 29.1. The Morgan fingerprint density at radius 1 is 1.00 bits per heavy atom. The van der Waals surface area contributed by atoms with Gasteiger partial charge in [0.15, 0.2) is 18.1 Å². The number of para-hydroxylation sites is 1. The number of amides is 1. The van der Waals surface area contributed by atoms with Gasteiger partial charge in [0.2, 0.25) is 5.78 Å². The van der Waals surface area contributed by atoms with Gasteiger partial charge in [0.25, 0.3) is 5.91 Å². The number of rotatable bonds is 8. The third-order valence-corrected chi connectivity index (χ3v) is 7.43. The number of carbonyl (C=O) groups is 2. The number of Topliss-reactive ketones (excluding diaryl/α,β-unsaturated/α-hetero) is 1. The Morgan fingerprint density at radius 2 is 1.73 bits per heavy atom. The summed E-state index contributed by atoms with van der Waals surface area (Å²) >= 11 is 7.11. The fourth-order valence-corrected chi connectivity index (χ4v) is 5.34. The van der Waals surface area contributed by atoms with Gasteiger partial charge in [0, 0.05) is 34.5 Å². The van der Waals surface area contributed by atoms with Crippen LogP contribution in [0, 0.1) is 17.5 Å². The van der Waals surface area contributed by atoms with Gasteiger partial charge in [-0.15, -0.1) is 0 Å². The number of carbonyl (C=O) groups excluding carboxylic acids is 2. The fraction of sp³-hybridized carbons (Fsp3) is 0.103. The molecule has 0 N–H and O–H groups in total. The molecular formula is C29H19ClF3N3O4S. The van der Waals surface area contributed by atoms with Crippen molar-refractivity contribution < 1.29 is 32.2 Å². The minimum atomic E-state index is -1.38. The molecule has 208 valence electrons. The topological polar surface area (TPSA) is 81.1 Å². The quantitative estimate of drug-likeness (QED) is 0.211. The number of benzene rings is 3. The van der Waals surface area contributed by atoms with Crippen LogP contribution in [0.4, 0.5) is 13.2 Å². The maximum absolute atomic E-state index is 14.7. The number of ether oxygens (including phenoxy) is 2. The highest BCUT2D eigenvalue weighted by Gasteiger charge is 2.39. The van der Waals surface area contributed by atoms with Crippen molar-refractivity contribution in [2.45, 2.75) is 5.37 Å². The smallest absolute Gasteiger partial charge is 0.281 e. The maximum Gasteiger partial charge on any atom is 0.281 e. The van der Waals surface area contributed by atoms with Gasteiger partial charge < -0.3 is 9.47 Å². The molecule has 12 heteroatoms. The van der Waals surface area contributed by atoms with E-state index in [0.717, 1.165) is 16.8 Å². The van der Waals surface area contributed by atoms with Gasteiger partial charge in [-0.1, -0.05) is 53.7 Å². The Kier molecular flexibility index (Phi) is 8.27. The standard InChI is InChI=1S/C29H19ClF3N3O4S/c1-39-24-7-4-5-19(26(24)40-15-23(37)22-6-2-3-12-34-22)29-36(28(38)25-20(32)13-18(31)14-21(25)33)35-27(41-29)16-8-10-17(30)11-9-16/h2-14,29H,15H2,1H3. The summed E-state index contributed by atoms with van der Waals surface area (Å²) in [6, 6.07) is 17.1. The van der Waals surface area contributed by atoms with Crippen molar-refractivity contribution in [1.29, 1.82) is 0 Å². The molecule has 0 spiro atoms. The predicted molar refractivity (Wildman–Crippen MR) is 148 cm³/mol. The lowest BCUT2D eigenvalue weighted by Crippen LogP contribution is -2.28. The summed E-state index contributed by atoms with van der Waals surface area (Å²) < 4.78 is 54.4. The molecule has 3 aromatic carbocycles. The zero-order valence-electron chi connectivity index (χ0n) is 21.2. The first-order valence-electron chi connectivity index (χ1n) is 12.0. The average molecular weight is 598 g/mol. The summed E-state index contributed by atoms with van der Waals surface area (Å²) in [5.74, 6) is -5.15. The number of hydrogen-bond donors (Lipinski definition) is 0. The van der Waals surface area contributed by atoms with Crippen LogP contribution in [0.2, 0.25) is 5.02 Å². The van der Waals surface area contributed by atoms with Crippen molar-refractivity contribution >= 4 is 40.1 Å². The van der Waals surface area contributed by atoms with E-state index in [1.807, 2.05) is 0 Å². The molecule has 1 aromatic heterocycles. The maximum atomic E-state index is 14.7. The van der Waals surface area contributed by atoms with Crippen molar-refractivity contribution in [3.63, 3.8) is 0 Å². The first-order chi connectivity index (χ1) is 19.8. The van der Waals surface area contributed by atoms with E-state index < -0.39 is 46.7 Å². The van der Waals surface area contributed by atoms with Crippen LogP contribution in [0.25, 0.3) is 0 Å². The Bertz CT molecular complexity index is 1630. The molecular weight excluding hydrogens is 579 g/mol. The molecule has 4 aromatic rings. The van der Waals surface area contributed by atoms with Crippen LogP contribution in [-0.2, 0) is 0 Å². The van der Waals surface area contributed by atoms with Crippen LogP contribution in [0.5, 0.6) is 11.5 Å². The molecule has 1 aliphatic rings. The second-order valence-corrected chi connectivity index (χ2v) is 10.1. The van der Waals surface area contributed by atoms with Gasteiger partial charge in [-0.2, -0.15) is 5.10 Å². The van der Waals surface area contributed by atoms with E-state index in [9.17, 15) is 22.8 Å². The third kappa shape index (κ3) is 5.91. The number of halogens is 4. The van der Waals surface area contributed by atoms with Crippen LogP contribution in [-0.4, -0.2) is 40.4 Å². The molecule has 41 heavy (non-hydrogen) atoms. The summed E-state index contributed by atoms with van der Waals surface area (Å²) in [4.78, 5) is 30.3. The Labute approximate surface area is 241 Å². The van der Waals surface area contributed by atoms with E-state index >= 15 is 0 Å². The summed E-state index contributed by atoms with van der Waals surface area (Å²) in [5.41, 5.74) is 0.114. The normalized spacial score (nSPS) is 14.5. The minimum absolute atomic E-state index is 0.113. The first kappa shape index (κ1) is 28.2. The number of pyridine rings is 1. The minimum Gasteiger partial charge on any atom is -0.493 e. The van der Waals surface area contributed by atoms with Crippen molar-refractivity contribution in [2.75, 3.05) is 13.7 Å². The van der Waals surface area contributed by atoms with Gasteiger partial charge in [0.1, 0.15) is 39.1 Å². The molecule has 0 saturated carbocycles. The van der Waals surface area contributed by atoms with E-state index in [1.54, 1.807) is 60.7 Å². The van der Waals surface area contributed by atoms with E-state index in [4.69, 9.17) is 21.1 Å². The van der Waals surface area contributed by atoms with Crippen molar-refractivity contribution in [3.05, 3.63) is 124 Å². The van der Waals surface area contributed by atoms with Crippen LogP contribution in [0.1, 0.15) is 37.3 Å². The number of ketones is 1. The van der Waals surface area contributed by atoms with E-state index in [-0.39, 0.29) is 17.2 Å². The summed E-state index contributed by atoms with van der Waals surface area (Å²) in [5, 5.41) is 5.06. The Hall–Kier alpha value is -4.35. The molecule has 5 rings (SSSR count). The number of methoxy groups -OCH3 is 1. The molecule has 2 heterocycles. The molecule has 1 amide bonds. The van der Waals surface area contributed by atoms with Gasteiger partial charge in [0.05, 0.1) is 7.11 Å². The van der Waals surface area contributed by atoms with Crippen molar-refractivity contribution in [3.8, 4) is 11.5 Å². The Morgan fingerprint density at radius 3 is 2.39 bits per heavy atom. The third-order valence-electron chi connectivity index (χ3n) is 5.96. The predicted octanol–water partition coefficient (Wildman–Crippen LogP) is 6.67. The number of hydrogen-bond acceptors (Lipinski definition) is 7. The molecule has 1 unspecified atom stereocenters. The first-order valence-corrected chi connectivity index (χ1v) is 13.3. The van der Waals surface area contributed by atoms with Crippen molar-refractivity contribution in [1.82, 2.24) is 9.99 Å². The van der Waals surface area contributed by atoms with Crippen LogP contribution < -0.4 is 9.47 Å². The molecule has 0 fully saturated rings. The highest BCUT2D eigenvalue weighted by Crippen LogP contribution is 2.48. The number of thioether (sulfide) groups is 1. The van der Waals surface area contributed by atoms with Gasteiger partial charge in [-0.05, 0) is 30.3 Å². The molecule has 7 nitrogen and oxygen atoms in total. The SMILES string of the molecule is COc1cccc(C2SC(c3ccc(Cl)cc3)=NN2C(=O)c2c(F)cc(F)cc2F)c1OCC(=O)c1ccccn1. The lowest BCUT2D eigenvalue weighted by molar-refractivity contribution is 0.0735. The summed E-state index contributed by atoms with van der Waals surface area (Å²) in [6.45, 7) is -0.415. The lowest BCUT2D eigenvalue weighted by atomic mass is 10.1. The van der Waals surface area contributed by atoms with Crippen molar-refractivity contribution in [2.24, 2.45) is 5.10 Å². The zero-order valence-corrected chi connectivity index (χ0v) is 22.8. The van der Waals surface area contributed by atoms with Gasteiger partial charge in [-0.25, -0.2) is 18.2 Å². The number of aromatic nitrogens is 1. The van der Waals surface area contributed by atoms with Gasteiger partial charge >= 0.3 is 0 Å². The second kappa shape index (κ2) is 12.0. The molecule has 0 bridgehead atoms. The monoisotopic (exact) mass is 597 g/mol. The van der Waals surface area contributed by atoms with E-state index in [2.05, 4.69) is 10.1 Å². The second-order valence-electron chi connectivity index (χ2n) is 8.58. The van der Waals surface area contributed by atoms with E-state index in [0.29, 0.717) is 33.3 Å². The summed E-state index contributed by atoms with van der Waals surface area (Å²) in [6.07, 6.45) is 1.48. The highest BCUT2D eigenvalue weighted by molar-refractivity contribution is 8.14. The molecule has 0 saturated heterocycles. The number of hydrazone groups is 1. The van der Waals surface area contributed by atoms with E-state index in [1.165, 1.54) is 13.3 Å². The largest absolute Gasteiger partial charge is 0.493 e. The molecule has 1 atom stereocenters. The van der Waals surface area contributed by atoms with Crippen LogP contribution >= 0.6 is 23.4 Å². The fourth-order valence-electron chi connectivity index (χ4n) is 4.04. The molecule has 0 aliphatic carbocycles. The van der Waals surface area contributed by atoms with Gasteiger partial charge in [-0.3, -0.25) is 14.6 Å². The molecule has 1 aliphatic heterocycles. The lowest BCUT2D eigenvalue weighted by Gasteiger charge is -2.24. The summed E-state index contributed by atoms with van der Waals surface area (Å²) in [7, 11) is 1.40. The van der Waals surface area contributed by atoms with Crippen LogP contribution in [0.15, 0.2) is 84.1 Å². The Balaban J connectivity index is 1.56. The number of nitrogens with zero attached hydrogens (tertiary/aromatic N) is 3. The average Bonchev–Trinajstić information content (AvgIpc) is 3.41. The molecule has 0 radical (unpaired) electrons. The highest BCUT2D eigenvalue weighted by atomic mass is 35.5. The van der Waals surface area contributed by atoms with Crippen LogP contribution in [0.3, 0.4) is 0 Å².